The summed E-state index contributed by atoms with van der Waals surface area (Å²) in [7, 11) is 0. The third-order valence-corrected chi connectivity index (χ3v) is 7.13. The van der Waals surface area contributed by atoms with Crippen LogP contribution in [0.15, 0.2) is 107 Å². The first kappa shape index (κ1) is 26.4. The molecule has 1 unspecified atom stereocenters. The molecule has 4 aromatic rings. The minimum atomic E-state index is -0.542. The van der Waals surface area contributed by atoms with E-state index in [0.717, 1.165) is 21.6 Å². The van der Waals surface area contributed by atoms with Crippen LogP contribution in [0, 0.1) is 0 Å². The third-order valence-electron chi connectivity index (χ3n) is 6.60. The lowest BCUT2D eigenvalue weighted by Crippen LogP contribution is -2.33. The van der Waals surface area contributed by atoms with Gasteiger partial charge in [-0.25, -0.2) is 4.98 Å². The van der Waals surface area contributed by atoms with Crippen molar-refractivity contribution in [2.75, 3.05) is 18.5 Å². The van der Waals surface area contributed by atoms with Crippen molar-refractivity contribution in [2.24, 2.45) is 0 Å². The number of hydrogen-bond donors (Lipinski definition) is 2. The summed E-state index contributed by atoms with van der Waals surface area (Å²) < 4.78 is 6.49. The number of carbonyl (C=O) groups excluding carboxylic acids is 2. The van der Waals surface area contributed by atoms with Gasteiger partial charge in [-0.3, -0.25) is 9.59 Å². The summed E-state index contributed by atoms with van der Waals surface area (Å²) >= 11 is 3.51. The van der Waals surface area contributed by atoms with E-state index in [0.29, 0.717) is 48.5 Å². The van der Waals surface area contributed by atoms with Gasteiger partial charge in [0.15, 0.2) is 5.78 Å². The Hall–Kier alpha value is -4.17. The van der Waals surface area contributed by atoms with E-state index in [9.17, 15) is 9.59 Å². The van der Waals surface area contributed by atoms with Gasteiger partial charge in [-0.1, -0.05) is 58.4 Å². The summed E-state index contributed by atoms with van der Waals surface area (Å²) in [6.45, 7) is 2.95. The number of anilines is 1. The van der Waals surface area contributed by atoms with Crippen LogP contribution in [0.2, 0.25) is 0 Å². The Morgan fingerprint density at radius 2 is 1.79 bits per heavy atom. The molecule has 0 radical (unpaired) electrons. The van der Waals surface area contributed by atoms with Crippen LogP contribution in [-0.4, -0.2) is 39.7 Å². The normalized spacial score (nSPS) is 15.1. The maximum absolute atomic E-state index is 14.1. The lowest BCUT2D eigenvalue weighted by Gasteiger charge is -2.27. The summed E-state index contributed by atoms with van der Waals surface area (Å²) in [4.78, 5) is 37.4. The standard InChI is InChI=1S/C31H29BrN4O3/c1-2-39-25-16-14-24(15-17-25)35-28-27(30(37)22-7-4-3-5-8-22)29(21-10-12-23(32)13-11-21)36(31(28)38)20-6-9-26-33-18-19-34-26/h3-5,7-8,10-19,29,35H,2,6,9,20H2,1H3,(H,33,34). The molecule has 0 spiro atoms. The van der Waals surface area contributed by atoms with Gasteiger partial charge in [-0.05, 0) is 55.3 Å². The highest BCUT2D eigenvalue weighted by molar-refractivity contribution is 9.10. The van der Waals surface area contributed by atoms with Crippen molar-refractivity contribution in [1.29, 1.82) is 0 Å². The fraction of sp³-hybridized carbons (Fsp3) is 0.194. The van der Waals surface area contributed by atoms with Gasteiger partial charge in [-0.15, -0.1) is 0 Å². The van der Waals surface area contributed by atoms with Crippen molar-refractivity contribution in [3.63, 3.8) is 0 Å². The van der Waals surface area contributed by atoms with E-state index >= 15 is 0 Å². The fourth-order valence-electron chi connectivity index (χ4n) is 4.79. The molecule has 1 aromatic heterocycles. The molecule has 0 saturated carbocycles. The van der Waals surface area contributed by atoms with Crippen molar-refractivity contribution in [1.82, 2.24) is 14.9 Å². The lowest BCUT2D eigenvalue weighted by atomic mass is 9.92. The summed E-state index contributed by atoms with van der Waals surface area (Å²) in [5.41, 5.74) is 2.82. The molecule has 2 N–H and O–H groups in total. The van der Waals surface area contributed by atoms with Crippen LogP contribution in [0.3, 0.4) is 0 Å². The minimum absolute atomic E-state index is 0.182. The first-order valence-electron chi connectivity index (χ1n) is 12.9. The molecule has 198 valence electrons. The van der Waals surface area contributed by atoms with E-state index in [4.69, 9.17) is 4.74 Å². The number of benzene rings is 3. The molecule has 3 aromatic carbocycles. The van der Waals surface area contributed by atoms with Crippen LogP contribution in [0.4, 0.5) is 5.69 Å². The first-order valence-corrected chi connectivity index (χ1v) is 13.7. The lowest BCUT2D eigenvalue weighted by molar-refractivity contribution is -0.127. The Bertz CT molecular complexity index is 1450. The number of aromatic nitrogens is 2. The SMILES string of the molecule is CCOc1ccc(NC2=C(C(=O)c3ccccc3)C(c3ccc(Br)cc3)N(CCCc3ncc[nH]3)C2=O)cc1. The summed E-state index contributed by atoms with van der Waals surface area (Å²) in [5.74, 6) is 1.21. The van der Waals surface area contributed by atoms with Crippen LogP contribution < -0.4 is 10.1 Å². The van der Waals surface area contributed by atoms with Crippen molar-refractivity contribution < 1.29 is 14.3 Å². The second-order valence-electron chi connectivity index (χ2n) is 9.16. The zero-order valence-corrected chi connectivity index (χ0v) is 23.1. The van der Waals surface area contributed by atoms with Gasteiger partial charge in [0.05, 0.1) is 18.2 Å². The second-order valence-corrected chi connectivity index (χ2v) is 10.1. The maximum atomic E-state index is 14.1. The Morgan fingerprint density at radius 3 is 2.46 bits per heavy atom. The number of aromatic amines is 1. The van der Waals surface area contributed by atoms with Gasteiger partial charge < -0.3 is 19.9 Å². The van der Waals surface area contributed by atoms with Crippen molar-refractivity contribution in [2.45, 2.75) is 25.8 Å². The molecule has 0 bridgehead atoms. The van der Waals surface area contributed by atoms with Crippen molar-refractivity contribution in [3.8, 4) is 5.75 Å². The number of aryl methyl sites for hydroxylation is 1. The van der Waals surface area contributed by atoms with Crippen LogP contribution in [0.5, 0.6) is 5.75 Å². The molecule has 1 amide bonds. The Labute approximate surface area is 236 Å². The Kier molecular flexibility index (Phi) is 8.22. The number of Topliss-reactive ketones (excluding diaryl/α,β-unsaturated/α-hetero) is 1. The zero-order chi connectivity index (χ0) is 27.2. The van der Waals surface area contributed by atoms with Crippen molar-refractivity contribution in [3.05, 3.63) is 124 Å². The molecule has 1 aliphatic rings. The molecule has 7 nitrogen and oxygen atoms in total. The highest BCUT2D eigenvalue weighted by atomic mass is 79.9. The maximum Gasteiger partial charge on any atom is 0.271 e. The van der Waals surface area contributed by atoms with E-state index in [-0.39, 0.29) is 11.7 Å². The predicted molar refractivity (Wildman–Crippen MR) is 155 cm³/mol. The highest BCUT2D eigenvalue weighted by Gasteiger charge is 2.43. The smallest absolute Gasteiger partial charge is 0.271 e. The molecule has 2 heterocycles. The van der Waals surface area contributed by atoms with Gasteiger partial charge in [-0.2, -0.15) is 0 Å². The quantitative estimate of drug-likeness (QED) is 0.201. The fourth-order valence-corrected chi connectivity index (χ4v) is 5.06. The molecular formula is C31H29BrN4O3. The summed E-state index contributed by atoms with van der Waals surface area (Å²) in [5, 5.41) is 3.29. The van der Waals surface area contributed by atoms with Gasteiger partial charge in [0, 0.05) is 41.1 Å². The van der Waals surface area contributed by atoms with Crippen LogP contribution >= 0.6 is 15.9 Å². The van der Waals surface area contributed by atoms with E-state index in [2.05, 4.69) is 31.2 Å². The Morgan fingerprint density at radius 1 is 1.05 bits per heavy atom. The molecule has 0 fully saturated rings. The molecule has 8 heteroatoms. The molecule has 0 saturated heterocycles. The number of nitrogens with one attached hydrogen (secondary N) is 2. The molecule has 5 rings (SSSR count). The number of halogens is 1. The summed E-state index contributed by atoms with van der Waals surface area (Å²) in [6.07, 6.45) is 4.89. The first-order chi connectivity index (χ1) is 19.0. The molecule has 1 atom stereocenters. The van der Waals surface area contributed by atoms with Gasteiger partial charge in [0.1, 0.15) is 17.3 Å². The van der Waals surface area contributed by atoms with E-state index in [1.54, 1.807) is 29.4 Å². The largest absolute Gasteiger partial charge is 0.494 e. The number of ketones is 1. The average molecular weight is 586 g/mol. The monoisotopic (exact) mass is 584 g/mol. The second kappa shape index (κ2) is 12.1. The third kappa shape index (κ3) is 5.96. The Balaban J connectivity index is 1.56. The van der Waals surface area contributed by atoms with Gasteiger partial charge in [0.25, 0.3) is 5.91 Å². The molecule has 39 heavy (non-hydrogen) atoms. The minimum Gasteiger partial charge on any atom is -0.494 e. The van der Waals surface area contributed by atoms with E-state index < -0.39 is 6.04 Å². The number of amides is 1. The number of carbonyl (C=O) groups is 2. The number of ether oxygens (including phenoxy) is 1. The number of rotatable bonds is 11. The zero-order valence-electron chi connectivity index (χ0n) is 21.6. The van der Waals surface area contributed by atoms with Gasteiger partial charge in [0.2, 0.25) is 0 Å². The number of nitrogens with zero attached hydrogens (tertiary/aromatic N) is 2. The number of H-pyrrole nitrogens is 1. The predicted octanol–water partition coefficient (Wildman–Crippen LogP) is 6.34. The van der Waals surface area contributed by atoms with Crippen molar-refractivity contribution >= 4 is 33.3 Å². The summed E-state index contributed by atoms with van der Waals surface area (Å²) in [6, 6.07) is 23.7. The molecular weight excluding hydrogens is 556 g/mol. The van der Waals surface area contributed by atoms with Crippen LogP contribution in [-0.2, 0) is 11.2 Å². The average Bonchev–Trinajstić information content (AvgIpc) is 3.57. The van der Waals surface area contributed by atoms with Crippen LogP contribution in [0.25, 0.3) is 0 Å². The number of hydrogen-bond acceptors (Lipinski definition) is 5. The topological polar surface area (TPSA) is 87.3 Å². The highest BCUT2D eigenvalue weighted by Crippen LogP contribution is 2.40. The van der Waals surface area contributed by atoms with E-state index in [1.807, 2.05) is 73.7 Å². The van der Waals surface area contributed by atoms with Crippen LogP contribution in [0.1, 0.15) is 41.1 Å². The molecule has 0 aliphatic carbocycles. The van der Waals surface area contributed by atoms with E-state index in [1.165, 1.54) is 0 Å². The molecule has 1 aliphatic heterocycles. The number of imidazole rings is 1. The van der Waals surface area contributed by atoms with Gasteiger partial charge >= 0.3 is 0 Å².